The molecule has 6 nitrogen and oxygen atoms in total. The molecule has 0 heterocycles. The number of hydrazone groups is 1. The number of hydrogen-bond acceptors (Lipinski definition) is 5. The molecular formula is C17H14F3N3O3S. The van der Waals surface area contributed by atoms with Crippen LogP contribution in [0, 0.1) is 10.1 Å². The number of amides is 1. The average Bonchev–Trinajstić information content (AvgIpc) is 2.62. The van der Waals surface area contributed by atoms with Gasteiger partial charge >= 0.3 is 6.18 Å². The van der Waals surface area contributed by atoms with E-state index in [4.69, 9.17) is 0 Å². The molecule has 27 heavy (non-hydrogen) atoms. The molecule has 0 unspecified atom stereocenters. The molecule has 0 aliphatic carbocycles. The van der Waals surface area contributed by atoms with Gasteiger partial charge in [-0.3, -0.25) is 14.9 Å². The van der Waals surface area contributed by atoms with E-state index in [2.05, 4.69) is 10.5 Å². The zero-order valence-electron chi connectivity index (χ0n) is 13.8. The highest BCUT2D eigenvalue weighted by atomic mass is 32.2. The zero-order valence-corrected chi connectivity index (χ0v) is 14.6. The van der Waals surface area contributed by atoms with E-state index in [9.17, 15) is 28.1 Å². The number of alkyl halides is 3. The van der Waals surface area contributed by atoms with Crippen molar-refractivity contribution in [1.29, 1.82) is 0 Å². The SMILES string of the molecule is O=C(CSCc1ccc([N+](=O)[O-])cc1)N/N=C\c1ccccc1C(F)(F)F. The number of benzene rings is 2. The Morgan fingerprint density at radius 3 is 2.48 bits per heavy atom. The topological polar surface area (TPSA) is 84.6 Å². The van der Waals surface area contributed by atoms with Crippen LogP contribution in [0.3, 0.4) is 0 Å². The summed E-state index contributed by atoms with van der Waals surface area (Å²) in [5.41, 5.74) is 1.97. The lowest BCUT2D eigenvalue weighted by Gasteiger charge is -2.09. The Labute approximate surface area is 156 Å². The van der Waals surface area contributed by atoms with Gasteiger partial charge < -0.3 is 0 Å². The normalized spacial score (nSPS) is 11.5. The quantitative estimate of drug-likeness (QED) is 0.435. The number of nitro groups is 1. The highest BCUT2D eigenvalue weighted by molar-refractivity contribution is 7.99. The van der Waals surface area contributed by atoms with Crippen molar-refractivity contribution >= 4 is 29.6 Å². The molecule has 1 N–H and O–H groups in total. The fourth-order valence-corrected chi connectivity index (χ4v) is 2.83. The highest BCUT2D eigenvalue weighted by Gasteiger charge is 2.32. The van der Waals surface area contributed by atoms with E-state index in [1.165, 1.54) is 42.1 Å². The minimum Gasteiger partial charge on any atom is -0.272 e. The van der Waals surface area contributed by atoms with Crippen LogP contribution in [-0.2, 0) is 16.7 Å². The standard InChI is InChI=1S/C17H14F3N3O3S/c18-17(19,20)15-4-2-1-3-13(15)9-21-22-16(24)11-27-10-12-5-7-14(8-6-12)23(25)26/h1-9H,10-11H2,(H,22,24)/b21-9-. The summed E-state index contributed by atoms with van der Waals surface area (Å²) in [5.74, 6) is 0.0176. The fraction of sp³-hybridized carbons (Fsp3) is 0.176. The first-order chi connectivity index (χ1) is 12.8. The first-order valence-electron chi connectivity index (χ1n) is 7.56. The summed E-state index contributed by atoms with van der Waals surface area (Å²) >= 11 is 1.25. The molecule has 0 saturated carbocycles. The van der Waals surface area contributed by atoms with Crippen molar-refractivity contribution in [3.63, 3.8) is 0 Å². The van der Waals surface area contributed by atoms with E-state index in [1.54, 1.807) is 12.1 Å². The monoisotopic (exact) mass is 397 g/mol. The number of carbonyl (C=O) groups is 1. The maximum atomic E-state index is 12.8. The lowest BCUT2D eigenvalue weighted by Crippen LogP contribution is -2.20. The lowest BCUT2D eigenvalue weighted by atomic mass is 10.1. The van der Waals surface area contributed by atoms with Gasteiger partial charge in [-0.1, -0.05) is 30.3 Å². The highest BCUT2D eigenvalue weighted by Crippen LogP contribution is 2.31. The molecule has 0 saturated heterocycles. The molecule has 2 rings (SSSR count). The van der Waals surface area contributed by atoms with Crippen molar-refractivity contribution in [3.8, 4) is 0 Å². The van der Waals surface area contributed by atoms with Crippen LogP contribution < -0.4 is 5.43 Å². The fourth-order valence-electron chi connectivity index (χ4n) is 2.05. The number of nitrogens with one attached hydrogen (secondary N) is 1. The van der Waals surface area contributed by atoms with Crippen molar-refractivity contribution in [2.75, 3.05) is 5.75 Å². The molecule has 0 atom stereocenters. The molecule has 0 fully saturated rings. The first-order valence-corrected chi connectivity index (χ1v) is 8.72. The van der Waals surface area contributed by atoms with Crippen LogP contribution in [0.15, 0.2) is 53.6 Å². The van der Waals surface area contributed by atoms with Crippen molar-refractivity contribution in [2.45, 2.75) is 11.9 Å². The van der Waals surface area contributed by atoms with Gasteiger partial charge in [-0.15, -0.1) is 11.8 Å². The molecule has 142 valence electrons. The third-order valence-corrected chi connectivity index (χ3v) is 4.31. The first kappa shape index (κ1) is 20.4. The van der Waals surface area contributed by atoms with E-state index >= 15 is 0 Å². The molecule has 0 bridgehead atoms. The predicted molar refractivity (Wildman–Crippen MR) is 96.4 cm³/mol. The Morgan fingerprint density at radius 1 is 1.19 bits per heavy atom. The third kappa shape index (κ3) is 6.41. The van der Waals surface area contributed by atoms with Crippen LogP contribution in [0.5, 0.6) is 0 Å². The Bertz CT molecular complexity index is 839. The summed E-state index contributed by atoms with van der Waals surface area (Å²) < 4.78 is 38.5. The van der Waals surface area contributed by atoms with Gasteiger partial charge in [0, 0.05) is 23.4 Å². The second-order valence-corrected chi connectivity index (χ2v) is 6.28. The number of non-ortho nitro benzene ring substituents is 1. The van der Waals surface area contributed by atoms with Crippen molar-refractivity contribution < 1.29 is 22.9 Å². The van der Waals surface area contributed by atoms with Gasteiger partial charge in [-0.05, 0) is 11.6 Å². The van der Waals surface area contributed by atoms with Gasteiger partial charge in [0.25, 0.3) is 5.69 Å². The smallest absolute Gasteiger partial charge is 0.272 e. The summed E-state index contributed by atoms with van der Waals surface area (Å²) in [5, 5.41) is 14.1. The average molecular weight is 397 g/mol. The maximum Gasteiger partial charge on any atom is 0.417 e. The zero-order chi connectivity index (χ0) is 19.9. The summed E-state index contributed by atoms with van der Waals surface area (Å²) in [4.78, 5) is 21.8. The van der Waals surface area contributed by atoms with Gasteiger partial charge in [-0.25, -0.2) is 5.43 Å². The molecule has 2 aromatic carbocycles. The van der Waals surface area contributed by atoms with E-state index in [0.29, 0.717) is 5.75 Å². The van der Waals surface area contributed by atoms with Crippen LogP contribution in [-0.4, -0.2) is 22.8 Å². The number of rotatable bonds is 7. The largest absolute Gasteiger partial charge is 0.417 e. The van der Waals surface area contributed by atoms with Crippen molar-refractivity contribution in [1.82, 2.24) is 5.43 Å². The minimum atomic E-state index is -4.51. The number of nitro benzene ring substituents is 1. The number of thioether (sulfide) groups is 1. The molecule has 1 amide bonds. The van der Waals surface area contributed by atoms with Gasteiger partial charge in [-0.2, -0.15) is 18.3 Å². The number of nitrogens with zero attached hydrogens (tertiary/aromatic N) is 2. The molecule has 10 heteroatoms. The predicted octanol–water partition coefficient (Wildman–Crippen LogP) is 4.00. The van der Waals surface area contributed by atoms with Crippen LogP contribution in [0.25, 0.3) is 0 Å². The molecule has 0 spiro atoms. The summed E-state index contributed by atoms with van der Waals surface area (Å²) in [6.45, 7) is 0. The molecular weight excluding hydrogens is 383 g/mol. The molecule has 0 aliphatic rings. The Morgan fingerprint density at radius 2 is 1.85 bits per heavy atom. The second-order valence-electron chi connectivity index (χ2n) is 5.29. The Hall–Kier alpha value is -2.88. The van der Waals surface area contributed by atoms with Crippen LogP contribution >= 0.6 is 11.8 Å². The third-order valence-electron chi connectivity index (χ3n) is 3.31. The minimum absolute atomic E-state index is 0.0185. The maximum absolute atomic E-state index is 12.8. The Balaban J connectivity index is 1.81. The van der Waals surface area contributed by atoms with E-state index in [0.717, 1.165) is 17.8 Å². The van der Waals surface area contributed by atoms with Crippen LogP contribution in [0.4, 0.5) is 18.9 Å². The Kier molecular flexibility index (Phi) is 6.94. The van der Waals surface area contributed by atoms with Crippen molar-refractivity contribution in [2.24, 2.45) is 5.10 Å². The molecule has 0 aliphatic heterocycles. The van der Waals surface area contributed by atoms with Gasteiger partial charge in [0.05, 0.1) is 22.5 Å². The van der Waals surface area contributed by atoms with Crippen LogP contribution in [0.1, 0.15) is 16.7 Å². The molecule has 2 aromatic rings. The summed E-state index contributed by atoms with van der Waals surface area (Å²) in [6.07, 6.45) is -3.56. The van der Waals surface area contributed by atoms with Crippen molar-refractivity contribution in [3.05, 3.63) is 75.3 Å². The van der Waals surface area contributed by atoms with Gasteiger partial charge in [0.15, 0.2) is 0 Å². The second kappa shape index (κ2) is 9.17. The summed E-state index contributed by atoms with van der Waals surface area (Å²) in [7, 11) is 0. The number of halogens is 3. The van der Waals surface area contributed by atoms with Gasteiger partial charge in [0.1, 0.15) is 0 Å². The molecule has 0 aromatic heterocycles. The number of hydrogen-bond donors (Lipinski definition) is 1. The number of carbonyl (C=O) groups excluding carboxylic acids is 1. The molecule has 0 radical (unpaired) electrons. The summed E-state index contributed by atoms with van der Waals surface area (Å²) in [6, 6.07) is 10.8. The van der Waals surface area contributed by atoms with E-state index in [-0.39, 0.29) is 17.0 Å². The van der Waals surface area contributed by atoms with E-state index in [1.807, 2.05) is 0 Å². The van der Waals surface area contributed by atoms with E-state index < -0.39 is 22.6 Å². The van der Waals surface area contributed by atoms with Crippen LogP contribution in [0.2, 0.25) is 0 Å². The lowest BCUT2D eigenvalue weighted by molar-refractivity contribution is -0.384. The van der Waals surface area contributed by atoms with Gasteiger partial charge in [0.2, 0.25) is 5.91 Å².